The number of ether oxygens (including phenoxy) is 2. The smallest absolute Gasteiger partial charge is 0.265 e. The first-order valence-corrected chi connectivity index (χ1v) is 10.0. The van der Waals surface area contributed by atoms with Crippen LogP contribution in [0, 0.1) is 0 Å². The molecule has 6 nitrogen and oxygen atoms in total. The largest absolute Gasteiger partial charge is 0.379 e. The zero-order valence-electron chi connectivity index (χ0n) is 15.1. The van der Waals surface area contributed by atoms with Crippen molar-refractivity contribution in [1.82, 2.24) is 5.32 Å². The number of carbonyl (C=O) groups is 2. The summed E-state index contributed by atoms with van der Waals surface area (Å²) in [6.45, 7) is 2.63. The molecule has 1 aliphatic heterocycles. The molecule has 1 aromatic carbocycles. The Morgan fingerprint density at radius 2 is 2.04 bits per heavy atom. The van der Waals surface area contributed by atoms with Crippen LogP contribution in [0.15, 0.2) is 41.8 Å². The van der Waals surface area contributed by atoms with E-state index in [1.165, 1.54) is 11.3 Å². The van der Waals surface area contributed by atoms with Crippen LogP contribution >= 0.6 is 11.3 Å². The molecule has 1 unspecified atom stereocenters. The van der Waals surface area contributed by atoms with Crippen LogP contribution in [0.3, 0.4) is 0 Å². The van der Waals surface area contributed by atoms with Crippen molar-refractivity contribution in [3.63, 3.8) is 0 Å². The van der Waals surface area contributed by atoms with Gasteiger partial charge in [-0.05, 0) is 55.0 Å². The van der Waals surface area contributed by atoms with Crippen LogP contribution in [-0.2, 0) is 9.47 Å². The highest BCUT2D eigenvalue weighted by atomic mass is 32.1. The number of benzene rings is 1. The molecule has 27 heavy (non-hydrogen) atoms. The standard InChI is InChI=1S/C20H24N2O4S/c23-19(21-10-3-11-25-14-17-4-1-12-26-17)15-6-8-16(9-7-15)22-20(24)18-5-2-13-27-18/h2,5-9,13,17H,1,3-4,10-12,14H2,(H,21,23)(H,22,24). The van der Waals surface area contributed by atoms with Crippen molar-refractivity contribution >= 4 is 28.8 Å². The topological polar surface area (TPSA) is 76.7 Å². The van der Waals surface area contributed by atoms with E-state index in [0.717, 1.165) is 25.9 Å². The maximum Gasteiger partial charge on any atom is 0.265 e. The SMILES string of the molecule is O=C(NCCCOCC1CCCO1)c1ccc(NC(=O)c2cccs2)cc1. The number of rotatable bonds is 9. The predicted octanol–water partition coefficient (Wildman–Crippen LogP) is 3.32. The second-order valence-electron chi connectivity index (χ2n) is 6.33. The molecule has 0 aliphatic carbocycles. The van der Waals surface area contributed by atoms with Crippen molar-refractivity contribution in [2.24, 2.45) is 0 Å². The lowest BCUT2D eigenvalue weighted by Crippen LogP contribution is -2.25. The minimum Gasteiger partial charge on any atom is -0.379 e. The summed E-state index contributed by atoms with van der Waals surface area (Å²) in [6.07, 6.45) is 3.17. The van der Waals surface area contributed by atoms with Gasteiger partial charge in [-0.1, -0.05) is 6.07 Å². The maximum atomic E-state index is 12.1. The average Bonchev–Trinajstić information content (AvgIpc) is 3.38. The molecule has 1 aliphatic rings. The number of amides is 2. The van der Waals surface area contributed by atoms with Crippen LogP contribution < -0.4 is 10.6 Å². The highest BCUT2D eigenvalue weighted by Crippen LogP contribution is 2.14. The Morgan fingerprint density at radius 1 is 1.19 bits per heavy atom. The zero-order chi connectivity index (χ0) is 18.9. The summed E-state index contributed by atoms with van der Waals surface area (Å²) in [7, 11) is 0. The van der Waals surface area contributed by atoms with Crippen molar-refractivity contribution in [3.05, 3.63) is 52.2 Å². The second kappa shape index (κ2) is 10.2. The fourth-order valence-electron chi connectivity index (χ4n) is 2.77. The first kappa shape index (κ1) is 19.5. The lowest BCUT2D eigenvalue weighted by molar-refractivity contribution is 0.0166. The van der Waals surface area contributed by atoms with E-state index in [-0.39, 0.29) is 17.9 Å². The summed E-state index contributed by atoms with van der Waals surface area (Å²) in [5.74, 6) is -0.282. The Hall–Kier alpha value is -2.22. The third-order valence-electron chi connectivity index (χ3n) is 4.23. The van der Waals surface area contributed by atoms with Gasteiger partial charge in [0.15, 0.2) is 0 Å². The third kappa shape index (κ3) is 6.16. The van der Waals surface area contributed by atoms with Crippen molar-refractivity contribution in [3.8, 4) is 0 Å². The third-order valence-corrected chi connectivity index (χ3v) is 5.10. The number of hydrogen-bond acceptors (Lipinski definition) is 5. The molecule has 7 heteroatoms. The van der Waals surface area contributed by atoms with E-state index >= 15 is 0 Å². The molecule has 1 atom stereocenters. The number of nitrogens with one attached hydrogen (secondary N) is 2. The molecule has 1 fully saturated rings. The van der Waals surface area contributed by atoms with Gasteiger partial charge < -0.3 is 20.1 Å². The summed E-state index contributed by atoms with van der Waals surface area (Å²) < 4.78 is 11.1. The molecule has 2 amide bonds. The fourth-order valence-corrected chi connectivity index (χ4v) is 3.39. The number of thiophene rings is 1. The van der Waals surface area contributed by atoms with E-state index in [1.54, 1.807) is 30.3 Å². The molecule has 3 rings (SSSR count). The van der Waals surface area contributed by atoms with E-state index in [1.807, 2.05) is 11.4 Å². The number of hydrogen-bond donors (Lipinski definition) is 2. The monoisotopic (exact) mass is 388 g/mol. The lowest BCUT2D eigenvalue weighted by Gasteiger charge is -2.10. The van der Waals surface area contributed by atoms with Crippen molar-refractivity contribution in [1.29, 1.82) is 0 Å². The van der Waals surface area contributed by atoms with Gasteiger partial charge in [-0.25, -0.2) is 0 Å². The fraction of sp³-hybridized carbons (Fsp3) is 0.400. The van der Waals surface area contributed by atoms with Crippen molar-refractivity contribution < 1.29 is 19.1 Å². The van der Waals surface area contributed by atoms with Gasteiger partial charge in [0.2, 0.25) is 0 Å². The van der Waals surface area contributed by atoms with Crippen LogP contribution in [0.2, 0.25) is 0 Å². The first-order chi connectivity index (χ1) is 13.2. The van der Waals surface area contributed by atoms with Crippen molar-refractivity contribution in [2.45, 2.75) is 25.4 Å². The Labute approximate surface area is 162 Å². The van der Waals surface area contributed by atoms with Gasteiger partial charge in [0, 0.05) is 31.0 Å². The Morgan fingerprint density at radius 3 is 2.74 bits per heavy atom. The lowest BCUT2D eigenvalue weighted by atomic mass is 10.2. The van der Waals surface area contributed by atoms with Crippen LogP contribution in [0.5, 0.6) is 0 Å². The second-order valence-corrected chi connectivity index (χ2v) is 7.28. The minimum absolute atomic E-state index is 0.134. The minimum atomic E-state index is -0.148. The van der Waals surface area contributed by atoms with Gasteiger partial charge >= 0.3 is 0 Å². The molecule has 0 saturated carbocycles. The van der Waals surface area contributed by atoms with Gasteiger partial charge in [-0.3, -0.25) is 9.59 Å². The molecule has 2 heterocycles. The van der Waals surface area contributed by atoms with Crippen LogP contribution in [0.1, 0.15) is 39.3 Å². The van der Waals surface area contributed by atoms with E-state index in [4.69, 9.17) is 9.47 Å². The van der Waals surface area contributed by atoms with E-state index in [2.05, 4.69) is 10.6 Å². The van der Waals surface area contributed by atoms with Gasteiger partial charge in [0.05, 0.1) is 17.6 Å². The normalized spacial score (nSPS) is 16.2. The summed E-state index contributed by atoms with van der Waals surface area (Å²) >= 11 is 1.39. The molecule has 0 radical (unpaired) electrons. The molecule has 0 spiro atoms. The molecular formula is C20H24N2O4S. The Balaban J connectivity index is 1.34. The molecule has 1 aromatic heterocycles. The molecule has 0 bridgehead atoms. The highest BCUT2D eigenvalue weighted by Gasteiger charge is 2.15. The highest BCUT2D eigenvalue weighted by molar-refractivity contribution is 7.12. The average molecular weight is 388 g/mol. The van der Waals surface area contributed by atoms with E-state index in [9.17, 15) is 9.59 Å². The predicted molar refractivity (Wildman–Crippen MR) is 105 cm³/mol. The quantitative estimate of drug-likeness (QED) is 0.646. The summed E-state index contributed by atoms with van der Waals surface area (Å²) in [6, 6.07) is 10.5. The molecular weight excluding hydrogens is 364 g/mol. The van der Waals surface area contributed by atoms with Crippen LogP contribution in [0.25, 0.3) is 0 Å². The molecule has 1 saturated heterocycles. The Kier molecular flexibility index (Phi) is 7.38. The van der Waals surface area contributed by atoms with E-state index < -0.39 is 0 Å². The van der Waals surface area contributed by atoms with Crippen LogP contribution in [-0.4, -0.2) is 44.3 Å². The Bertz CT molecular complexity index is 725. The maximum absolute atomic E-state index is 12.1. The van der Waals surface area contributed by atoms with Crippen LogP contribution in [0.4, 0.5) is 5.69 Å². The van der Waals surface area contributed by atoms with Gasteiger partial charge in [-0.15, -0.1) is 11.3 Å². The molecule has 144 valence electrons. The molecule has 2 aromatic rings. The summed E-state index contributed by atoms with van der Waals surface area (Å²) in [5, 5.41) is 7.54. The summed E-state index contributed by atoms with van der Waals surface area (Å²) in [4.78, 5) is 24.8. The van der Waals surface area contributed by atoms with Gasteiger partial charge in [0.25, 0.3) is 11.8 Å². The zero-order valence-corrected chi connectivity index (χ0v) is 15.9. The first-order valence-electron chi connectivity index (χ1n) is 9.15. The number of anilines is 1. The molecule has 2 N–H and O–H groups in total. The number of carbonyl (C=O) groups excluding carboxylic acids is 2. The van der Waals surface area contributed by atoms with Crippen molar-refractivity contribution in [2.75, 3.05) is 31.7 Å². The summed E-state index contributed by atoms with van der Waals surface area (Å²) in [5.41, 5.74) is 1.22. The van der Waals surface area contributed by atoms with Gasteiger partial charge in [-0.2, -0.15) is 0 Å². The van der Waals surface area contributed by atoms with E-state index in [0.29, 0.717) is 35.9 Å². The van der Waals surface area contributed by atoms with Gasteiger partial charge in [0.1, 0.15) is 0 Å².